The Kier molecular flexibility index (Phi) is 3.71. The molecule has 2 atom stereocenters. The summed E-state index contributed by atoms with van der Waals surface area (Å²) >= 11 is 0. The Morgan fingerprint density at radius 3 is 2.61 bits per heavy atom. The second kappa shape index (κ2) is 5.11. The van der Waals surface area contributed by atoms with E-state index >= 15 is 0 Å². The minimum absolute atomic E-state index is 0.0666. The van der Waals surface area contributed by atoms with Crippen molar-refractivity contribution in [2.45, 2.75) is 18.8 Å². The van der Waals surface area contributed by atoms with Gasteiger partial charge >= 0.3 is 5.97 Å². The zero-order valence-electron chi connectivity index (χ0n) is 11.3. The van der Waals surface area contributed by atoms with Gasteiger partial charge in [-0.3, -0.25) is 4.79 Å². The summed E-state index contributed by atoms with van der Waals surface area (Å²) in [6, 6.07) is 10.0. The van der Waals surface area contributed by atoms with Gasteiger partial charge in [-0.05, 0) is 38.9 Å². The molecule has 2 rings (SSSR count). The van der Waals surface area contributed by atoms with E-state index in [1.54, 1.807) is 0 Å². The Morgan fingerprint density at radius 1 is 1.39 bits per heavy atom. The zero-order chi connectivity index (χ0) is 13.2. The van der Waals surface area contributed by atoms with E-state index in [0.29, 0.717) is 12.5 Å². The monoisotopic (exact) mass is 247 g/mol. The molecule has 0 amide bonds. The molecule has 0 spiro atoms. The van der Waals surface area contributed by atoms with Crippen LogP contribution in [-0.4, -0.2) is 38.1 Å². The van der Waals surface area contributed by atoms with Gasteiger partial charge in [0.05, 0.1) is 12.0 Å². The van der Waals surface area contributed by atoms with Crippen molar-refractivity contribution in [1.29, 1.82) is 0 Å². The number of esters is 1. The molecule has 0 unspecified atom stereocenters. The Bertz CT molecular complexity index is 416. The van der Waals surface area contributed by atoms with E-state index in [1.807, 2.05) is 51.4 Å². The molecule has 1 fully saturated rings. The van der Waals surface area contributed by atoms with Gasteiger partial charge in [0, 0.05) is 6.54 Å². The summed E-state index contributed by atoms with van der Waals surface area (Å²) in [4.78, 5) is 14.4. The Hall–Kier alpha value is -1.35. The highest BCUT2D eigenvalue weighted by molar-refractivity contribution is 5.87. The highest BCUT2D eigenvalue weighted by Crippen LogP contribution is 2.55. The second-order valence-corrected chi connectivity index (χ2v) is 5.22. The van der Waals surface area contributed by atoms with Gasteiger partial charge in [0.25, 0.3) is 0 Å². The number of hydrogen-bond acceptors (Lipinski definition) is 3. The third kappa shape index (κ3) is 2.27. The van der Waals surface area contributed by atoms with Gasteiger partial charge < -0.3 is 9.64 Å². The van der Waals surface area contributed by atoms with Crippen molar-refractivity contribution in [3.8, 4) is 0 Å². The average Bonchev–Trinajstić information content (AvgIpc) is 3.05. The van der Waals surface area contributed by atoms with Crippen LogP contribution in [0.2, 0.25) is 0 Å². The van der Waals surface area contributed by atoms with Crippen LogP contribution in [-0.2, 0) is 14.9 Å². The number of hydrogen-bond donors (Lipinski definition) is 0. The fourth-order valence-corrected chi connectivity index (χ4v) is 2.71. The van der Waals surface area contributed by atoms with Crippen LogP contribution >= 0.6 is 0 Å². The summed E-state index contributed by atoms with van der Waals surface area (Å²) in [5.41, 5.74) is 0.692. The topological polar surface area (TPSA) is 29.5 Å². The van der Waals surface area contributed by atoms with Gasteiger partial charge in [-0.1, -0.05) is 30.3 Å². The molecular formula is C15H21NO2. The molecule has 98 valence electrons. The third-order valence-electron chi connectivity index (χ3n) is 3.62. The van der Waals surface area contributed by atoms with Crippen molar-refractivity contribution in [1.82, 2.24) is 4.90 Å². The summed E-state index contributed by atoms with van der Waals surface area (Å²) in [7, 11) is 4.08. The molecule has 1 aromatic carbocycles. The summed E-state index contributed by atoms with van der Waals surface area (Å²) < 4.78 is 5.28. The lowest BCUT2D eigenvalue weighted by Gasteiger charge is -2.18. The molecule has 0 heterocycles. The van der Waals surface area contributed by atoms with Gasteiger partial charge in [-0.15, -0.1) is 0 Å². The fourth-order valence-electron chi connectivity index (χ4n) is 2.71. The molecule has 1 aromatic rings. The maximum absolute atomic E-state index is 12.3. The van der Waals surface area contributed by atoms with Crippen molar-refractivity contribution >= 4 is 5.97 Å². The van der Waals surface area contributed by atoms with Crippen LogP contribution < -0.4 is 0 Å². The van der Waals surface area contributed by atoms with E-state index in [0.717, 1.165) is 18.5 Å². The smallest absolute Gasteiger partial charge is 0.316 e. The predicted octanol–water partition coefficient (Wildman–Crippen LogP) is 2.07. The first-order valence-electron chi connectivity index (χ1n) is 6.48. The van der Waals surface area contributed by atoms with Crippen LogP contribution in [0.15, 0.2) is 30.3 Å². The first kappa shape index (κ1) is 13.1. The number of carbonyl (C=O) groups is 1. The predicted molar refractivity (Wildman–Crippen MR) is 71.4 cm³/mol. The second-order valence-electron chi connectivity index (χ2n) is 5.22. The molecule has 0 saturated heterocycles. The van der Waals surface area contributed by atoms with E-state index in [1.165, 1.54) is 0 Å². The zero-order valence-corrected chi connectivity index (χ0v) is 11.3. The lowest BCUT2D eigenvalue weighted by molar-refractivity contribution is -0.146. The third-order valence-corrected chi connectivity index (χ3v) is 3.62. The minimum Gasteiger partial charge on any atom is -0.465 e. The van der Waals surface area contributed by atoms with Crippen molar-refractivity contribution < 1.29 is 9.53 Å². The van der Waals surface area contributed by atoms with Gasteiger partial charge in [0.15, 0.2) is 0 Å². The van der Waals surface area contributed by atoms with Crippen LogP contribution in [0.1, 0.15) is 18.9 Å². The van der Waals surface area contributed by atoms with Crippen LogP contribution in [0.5, 0.6) is 0 Å². The maximum atomic E-state index is 12.3. The highest BCUT2D eigenvalue weighted by Gasteiger charge is 2.62. The van der Waals surface area contributed by atoms with Crippen LogP contribution in [0, 0.1) is 5.92 Å². The van der Waals surface area contributed by atoms with Crippen molar-refractivity contribution in [2.24, 2.45) is 5.92 Å². The lowest BCUT2D eigenvalue weighted by Crippen LogP contribution is -2.29. The molecule has 3 nitrogen and oxygen atoms in total. The number of benzene rings is 1. The summed E-state index contributed by atoms with van der Waals surface area (Å²) in [6.45, 7) is 3.23. The maximum Gasteiger partial charge on any atom is 0.316 e. The molecule has 0 N–H and O–H groups in total. The van der Waals surface area contributed by atoms with E-state index in [2.05, 4.69) is 4.90 Å². The number of nitrogens with zero attached hydrogens (tertiary/aromatic N) is 1. The van der Waals surface area contributed by atoms with Crippen molar-refractivity contribution in [2.75, 3.05) is 27.2 Å². The molecule has 1 aliphatic carbocycles. The Balaban J connectivity index is 2.24. The molecule has 1 saturated carbocycles. The van der Waals surface area contributed by atoms with Crippen LogP contribution in [0.25, 0.3) is 0 Å². The first-order valence-corrected chi connectivity index (χ1v) is 6.48. The minimum atomic E-state index is -0.401. The summed E-state index contributed by atoms with van der Waals surface area (Å²) in [5.74, 6) is 0.303. The van der Waals surface area contributed by atoms with Crippen LogP contribution in [0.4, 0.5) is 0 Å². The highest BCUT2D eigenvalue weighted by atomic mass is 16.5. The molecule has 1 aliphatic rings. The molecule has 0 aromatic heterocycles. The first-order chi connectivity index (χ1) is 8.61. The molecule has 0 radical (unpaired) electrons. The standard InChI is InChI=1S/C15H21NO2/c1-4-18-14(17)15(10-13(15)11-16(2)3)12-8-6-5-7-9-12/h5-9,13H,4,10-11H2,1-3H3/t13-,15-/m0/s1. The quantitative estimate of drug-likeness (QED) is 0.746. The molecule has 18 heavy (non-hydrogen) atoms. The summed E-state index contributed by atoms with van der Waals surface area (Å²) in [5, 5.41) is 0. The molecule has 0 aliphatic heterocycles. The Morgan fingerprint density at radius 2 is 2.06 bits per heavy atom. The number of rotatable bonds is 5. The molecule has 0 bridgehead atoms. The number of ether oxygens (including phenoxy) is 1. The average molecular weight is 247 g/mol. The van der Waals surface area contributed by atoms with Gasteiger partial charge in [-0.2, -0.15) is 0 Å². The van der Waals surface area contributed by atoms with Crippen molar-refractivity contribution in [3.63, 3.8) is 0 Å². The summed E-state index contributed by atoms with van der Waals surface area (Å²) in [6.07, 6.45) is 0.897. The Labute approximate surface area is 109 Å². The normalized spacial score (nSPS) is 26.1. The fraction of sp³-hybridized carbons (Fsp3) is 0.533. The SMILES string of the molecule is CCOC(=O)[C@]1(c2ccccc2)C[C@H]1CN(C)C. The molecule has 3 heteroatoms. The van der Waals surface area contributed by atoms with Gasteiger partial charge in [-0.25, -0.2) is 0 Å². The lowest BCUT2D eigenvalue weighted by atomic mass is 9.93. The van der Waals surface area contributed by atoms with Gasteiger partial charge in [0.2, 0.25) is 0 Å². The van der Waals surface area contributed by atoms with E-state index in [4.69, 9.17) is 4.74 Å². The van der Waals surface area contributed by atoms with E-state index in [9.17, 15) is 4.79 Å². The van der Waals surface area contributed by atoms with Crippen molar-refractivity contribution in [3.05, 3.63) is 35.9 Å². The number of carbonyl (C=O) groups excluding carboxylic acids is 1. The molecular weight excluding hydrogens is 226 g/mol. The van der Waals surface area contributed by atoms with E-state index < -0.39 is 5.41 Å². The van der Waals surface area contributed by atoms with Crippen LogP contribution in [0.3, 0.4) is 0 Å². The van der Waals surface area contributed by atoms with Gasteiger partial charge in [0.1, 0.15) is 0 Å². The van der Waals surface area contributed by atoms with E-state index in [-0.39, 0.29) is 5.97 Å². The largest absolute Gasteiger partial charge is 0.465 e.